The molecule has 0 heterocycles. The highest BCUT2D eigenvalue weighted by Crippen LogP contribution is 2.27. The lowest BCUT2D eigenvalue weighted by molar-refractivity contribution is 0.129. The van der Waals surface area contributed by atoms with Gasteiger partial charge in [-0.3, -0.25) is 0 Å². The van der Waals surface area contributed by atoms with E-state index in [4.69, 9.17) is 10.5 Å². The van der Waals surface area contributed by atoms with Crippen molar-refractivity contribution in [3.05, 3.63) is 35.4 Å². The summed E-state index contributed by atoms with van der Waals surface area (Å²) in [7, 11) is 1.66. The fraction of sp³-hybridized carbons (Fsp3) is 0.538. The quantitative estimate of drug-likeness (QED) is 0.762. The SMILES string of the molecule is COCCC(CN)(CO)c1cccc(C)c1. The lowest BCUT2D eigenvalue weighted by atomic mass is 9.78. The number of aliphatic hydroxyl groups excluding tert-OH is 1. The van der Waals surface area contributed by atoms with Crippen molar-refractivity contribution in [2.24, 2.45) is 5.73 Å². The second-order valence-electron chi connectivity index (χ2n) is 4.25. The van der Waals surface area contributed by atoms with Gasteiger partial charge >= 0.3 is 0 Å². The zero-order valence-corrected chi connectivity index (χ0v) is 10.1. The maximum Gasteiger partial charge on any atom is 0.0541 e. The first kappa shape index (κ1) is 13.2. The number of hydrogen-bond acceptors (Lipinski definition) is 3. The second kappa shape index (κ2) is 5.99. The third-order valence-corrected chi connectivity index (χ3v) is 3.11. The molecular formula is C13H21NO2. The Morgan fingerprint density at radius 2 is 2.19 bits per heavy atom. The molecule has 0 aromatic heterocycles. The number of rotatable bonds is 6. The molecule has 0 fully saturated rings. The Bertz CT molecular complexity index is 321. The van der Waals surface area contributed by atoms with E-state index in [1.807, 2.05) is 25.1 Å². The highest BCUT2D eigenvalue weighted by Gasteiger charge is 2.29. The van der Waals surface area contributed by atoms with Gasteiger partial charge in [0.1, 0.15) is 0 Å². The van der Waals surface area contributed by atoms with E-state index in [0.717, 1.165) is 12.0 Å². The first-order valence-electron chi connectivity index (χ1n) is 5.55. The van der Waals surface area contributed by atoms with E-state index in [-0.39, 0.29) is 12.0 Å². The van der Waals surface area contributed by atoms with Gasteiger partial charge in [-0.05, 0) is 18.9 Å². The highest BCUT2D eigenvalue weighted by atomic mass is 16.5. The number of methoxy groups -OCH3 is 1. The molecule has 1 unspecified atom stereocenters. The minimum Gasteiger partial charge on any atom is -0.395 e. The van der Waals surface area contributed by atoms with Crippen LogP contribution in [0.2, 0.25) is 0 Å². The molecule has 0 spiro atoms. The van der Waals surface area contributed by atoms with Crippen LogP contribution in [0.3, 0.4) is 0 Å². The average Bonchev–Trinajstić information content (AvgIpc) is 2.31. The van der Waals surface area contributed by atoms with E-state index < -0.39 is 0 Å². The van der Waals surface area contributed by atoms with E-state index >= 15 is 0 Å². The van der Waals surface area contributed by atoms with Gasteiger partial charge in [0.25, 0.3) is 0 Å². The minimum absolute atomic E-state index is 0.0519. The van der Waals surface area contributed by atoms with E-state index in [0.29, 0.717) is 13.2 Å². The summed E-state index contributed by atoms with van der Waals surface area (Å²) in [5, 5.41) is 9.61. The third-order valence-electron chi connectivity index (χ3n) is 3.11. The maximum absolute atomic E-state index is 9.61. The van der Waals surface area contributed by atoms with Crippen LogP contribution < -0.4 is 5.73 Å². The van der Waals surface area contributed by atoms with Gasteiger partial charge in [-0.25, -0.2) is 0 Å². The maximum atomic E-state index is 9.61. The van der Waals surface area contributed by atoms with E-state index in [1.54, 1.807) is 7.11 Å². The van der Waals surface area contributed by atoms with Gasteiger partial charge in [0.05, 0.1) is 6.61 Å². The van der Waals surface area contributed by atoms with Gasteiger partial charge in [-0.15, -0.1) is 0 Å². The largest absolute Gasteiger partial charge is 0.395 e. The van der Waals surface area contributed by atoms with Crippen LogP contribution in [0, 0.1) is 6.92 Å². The fourth-order valence-electron chi connectivity index (χ4n) is 1.87. The lowest BCUT2D eigenvalue weighted by Gasteiger charge is -2.31. The van der Waals surface area contributed by atoms with Crippen molar-refractivity contribution in [2.45, 2.75) is 18.8 Å². The second-order valence-corrected chi connectivity index (χ2v) is 4.25. The molecule has 0 radical (unpaired) electrons. The number of hydrogen-bond donors (Lipinski definition) is 2. The molecular weight excluding hydrogens is 202 g/mol. The van der Waals surface area contributed by atoms with Crippen LogP contribution in [0.25, 0.3) is 0 Å². The molecule has 1 aromatic carbocycles. The first-order chi connectivity index (χ1) is 7.68. The van der Waals surface area contributed by atoms with Gasteiger partial charge in [-0.2, -0.15) is 0 Å². The van der Waals surface area contributed by atoms with Crippen LogP contribution in [0.4, 0.5) is 0 Å². The molecule has 1 aromatic rings. The van der Waals surface area contributed by atoms with Crippen molar-refractivity contribution in [3.8, 4) is 0 Å². The van der Waals surface area contributed by atoms with Crippen molar-refractivity contribution in [2.75, 3.05) is 26.9 Å². The molecule has 16 heavy (non-hydrogen) atoms. The topological polar surface area (TPSA) is 55.5 Å². The summed E-state index contributed by atoms with van der Waals surface area (Å²) in [6.45, 7) is 3.12. The van der Waals surface area contributed by atoms with Crippen LogP contribution in [-0.4, -0.2) is 32.0 Å². The van der Waals surface area contributed by atoms with Crippen molar-refractivity contribution in [1.82, 2.24) is 0 Å². The number of ether oxygens (including phenoxy) is 1. The Hall–Kier alpha value is -0.900. The molecule has 1 rings (SSSR count). The summed E-state index contributed by atoms with van der Waals surface area (Å²) in [6, 6.07) is 8.14. The van der Waals surface area contributed by atoms with Crippen molar-refractivity contribution >= 4 is 0 Å². The first-order valence-corrected chi connectivity index (χ1v) is 5.55. The highest BCUT2D eigenvalue weighted by molar-refractivity contribution is 5.30. The van der Waals surface area contributed by atoms with Crippen LogP contribution >= 0.6 is 0 Å². The fourth-order valence-corrected chi connectivity index (χ4v) is 1.87. The summed E-state index contributed by atoms with van der Waals surface area (Å²) in [4.78, 5) is 0. The third kappa shape index (κ3) is 2.82. The van der Waals surface area contributed by atoms with E-state index in [9.17, 15) is 5.11 Å². The zero-order chi connectivity index (χ0) is 12.0. The van der Waals surface area contributed by atoms with Crippen LogP contribution in [0.1, 0.15) is 17.5 Å². The molecule has 90 valence electrons. The Morgan fingerprint density at radius 3 is 2.69 bits per heavy atom. The molecule has 3 N–H and O–H groups in total. The van der Waals surface area contributed by atoms with Crippen molar-refractivity contribution < 1.29 is 9.84 Å². The number of benzene rings is 1. The van der Waals surface area contributed by atoms with Gasteiger partial charge in [0.2, 0.25) is 0 Å². The summed E-state index contributed by atoms with van der Waals surface area (Å²) >= 11 is 0. The van der Waals surface area contributed by atoms with Crippen LogP contribution in [0.15, 0.2) is 24.3 Å². The van der Waals surface area contributed by atoms with E-state index in [2.05, 4.69) is 6.07 Å². The Morgan fingerprint density at radius 1 is 1.44 bits per heavy atom. The number of nitrogens with two attached hydrogens (primary N) is 1. The minimum atomic E-state index is -0.373. The molecule has 3 nitrogen and oxygen atoms in total. The molecule has 1 atom stereocenters. The van der Waals surface area contributed by atoms with Crippen LogP contribution in [-0.2, 0) is 10.2 Å². The van der Waals surface area contributed by atoms with Gasteiger partial charge in [0.15, 0.2) is 0 Å². The standard InChI is InChI=1S/C13H21NO2/c1-11-4-3-5-12(8-11)13(9-14,10-15)6-7-16-2/h3-5,8,15H,6-7,9-10,14H2,1-2H3. The predicted molar refractivity (Wildman–Crippen MR) is 65.5 cm³/mol. The summed E-state index contributed by atoms with van der Waals surface area (Å²) < 4.78 is 5.09. The predicted octanol–water partition coefficient (Wildman–Crippen LogP) is 1.22. The van der Waals surface area contributed by atoms with Gasteiger partial charge in [0, 0.05) is 25.7 Å². The molecule has 0 saturated carbocycles. The Labute approximate surface area is 97.2 Å². The van der Waals surface area contributed by atoms with E-state index in [1.165, 1.54) is 5.56 Å². The smallest absolute Gasteiger partial charge is 0.0541 e. The monoisotopic (exact) mass is 223 g/mol. The summed E-state index contributed by atoms with van der Waals surface area (Å²) in [5.74, 6) is 0. The molecule has 0 amide bonds. The van der Waals surface area contributed by atoms with Gasteiger partial charge in [-0.1, -0.05) is 29.8 Å². The molecule has 3 heteroatoms. The molecule has 0 aliphatic rings. The van der Waals surface area contributed by atoms with Crippen LogP contribution in [0.5, 0.6) is 0 Å². The normalized spacial score (nSPS) is 14.8. The number of aryl methyl sites for hydroxylation is 1. The number of aliphatic hydroxyl groups is 1. The Kier molecular flexibility index (Phi) is 4.93. The Balaban J connectivity index is 2.99. The lowest BCUT2D eigenvalue weighted by Crippen LogP contribution is -2.40. The molecule has 0 bridgehead atoms. The summed E-state index contributed by atoms with van der Waals surface area (Å²) in [5.41, 5.74) is 7.73. The van der Waals surface area contributed by atoms with Crippen molar-refractivity contribution in [1.29, 1.82) is 0 Å². The van der Waals surface area contributed by atoms with Gasteiger partial charge < -0.3 is 15.6 Å². The van der Waals surface area contributed by atoms with Crippen molar-refractivity contribution in [3.63, 3.8) is 0 Å². The average molecular weight is 223 g/mol. The molecule has 0 aliphatic heterocycles. The summed E-state index contributed by atoms with van der Waals surface area (Å²) in [6.07, 6.45) is 0.736. The zero-order valence-electron chi connectivity index (χ0n) is 10.1. The molecule has 0 saturated heterocycles. The molecule has 0 aliphatic carbocycles.